The highest BCUT2D eigenvalue weighted by Gasteiger charge is 2.37. The maximum atomic E-state index is 12.9. The number of ketones is 1. The molecule has 1 atom stereocenters. The van der Waals surface area contributed by atoms with Crippen LogP contribution >= 0.6 is 0 Å². The van der Waals surface area contributed by atoms with E-state index in [1.54, 1.807) is 18.2 Å². The third-order valence-electron chi connectivity index (χ3n) is 6.38. The van der Waals surface area contributed by atoms with E-state index in [4.69, 9.17) is 9.47 Å². The molecule has 2 aliphatic rings. The van der Waals surface area contributed by atoms with Gasteiger partial charge in [0, 0.05) is 31.6 Å². The van der Waals surface area contributed by atoms with E-state index in [9.17, 15) is 9.90 Å². The second kappa shape index (κ2) is 8.77. The van der Waals surface area contributed by atoms with Crippen LogP contribution in [0.5, 0.6) is 11.5 Å². The molecule has 0 aliphatic carbocycles. The second-order valence-electron chi connectivity index (χ2n) is 8.44. The fraction of sp³-hybridized carbons (Fsp3) is 0.296. The zero-order valence-corrected chi connectivity index (χ0v) is 18.0. The first-order valence-electron chi connectivity index (χ1n) is 11.1. The molecule has 0 aromatic heterocycles. The highest BCUT2D eigenvalue weighted by atomic mass is 16.6. The van der Waals surface area contributed by atoms with Gasteiger partial charge in [0.2, 0.25) is 0 Å². The summed E-state index contributed by atoms with van der Waals surface area (Å²) in [7, 11) is 0. The fourth-order valence-corrected chi connectivity index (χ4v) is 4.68. The number of fused-ring (bicyclic) bond motifs is 2. The molecule has 0 saturated carbocycles. The van der Waals surface area contributed by atoms with Crippen molar-refractivity contribution in [1.29, 1.82) is 0 Å². The van der Waals surface area contributed by atoms with Crippen molar-refractivity contribution in [3.05, 3.63) is 95.1 Å². The average molecular weight is 430 g/mol. The predicted octanol–water partition coefficient (Wildman–Crippen LogP) is 3.82. The number of β-amino-alcohol motifs (C(OH)–C–C–N with tert-alkyl or cyclic N) is 1. The molecule has 0 amide bonds. The minimum Gasteiger partial charge on any atom is -0.486 e. The molecule has 0 fully saturated rings. The van der Waals surface area contributed by atoms with E-state index in [1.807, 2.05) is 48.5 Å². The smallest absolute Gasteiger partial charge is 0.164 e. The van der Waals surface area contributed by atoms with Gasteiger partial charge in [-0.25, -0.2) is 0 Å². The number of carbonyl (C=O) groups is 1. The summed E-state index contributed by atoms with van der Waals surface area (Å²) in [6.07, 6.45) is 1.21. The Balaban J connectivity index is 1.34. The van der Waals surface area contributed by atoms with Gasteiger partial charge >= 0.3 is 0 Å². The molecule has 2 aliphatic heterocycles. The van der Waals surface area contributed by atoms with Crippen LogP contribution in [0.1, 0.15) is 33.5 Å². The number of Topliss-reactive ketones (excluding diaryl/α,β-unsaturated/α-hetero) is 1. The van der Waals surface area contributed by atoms with Crippen molar-refractivity contribution in [3.63, 3.8) is 0 Å². The summed E-state index contributed by atoms with van der Waals surface area (Å²) in [5.41, 5.74) is 2.49. The number of aliphatic hydroxyl groups is 1. The summed E-state index contributed by atoms with van der Waals surface area (Å²) in [6, 6.07) is 23.3. The molecule has 0 radical (unpaired) electrons. The molecular formula is C27H27NO4. The van der Waals surface area contributed by atoms with Gasteiger partial charge in [0.25, 0.3) is 0 Å². The Bertz CT molecular complexity index is 1110. The van der Waals surface area contributed by atoms with Crippen molar-refractivity contribution in [2.24, 2.45) is 0 Å². The topological polar surface area (TPSA) is 59.0 Å². The van der Waals surface area contributed by atoms with Gasteiger partial charge in [-0.15, -0.1) is 0 Å². The summed E-state index contributed by atoms with van der Waals surface area (Å²) < 4.78 is 11.2. The molecule has 5 nitrogen and oxygen atoms in total. The zero-order valence-electron chi connectivity index (χ0n) is 18.0. The van der Waals surface area contributed by atoms with Gasteiger partial charge in [0.15, 0.2) is 17.3 Å². The highest BCUT2D eigenvalue weighted by Crippen LogP contribution is 2.35. The van der Waals surface area contributed by atoms with Gasteiger partial charge in [-0.2, -0.15) is 0 Å². The largest absolute Gasteiger partial charge is 0.486 e. The SMILES string of the molecule is O=C(CCN1CCc2ccccc2[C@](O)(c2ccccc2)C1)c1ccc2c(c1)OCCO2. The van der Waals surface area contributed by atoms with Crippen molar-refractivity contribution < 1.29 is 19.4 Å². The first-order chi connectivity index (χ1) is 15.6. The van der Waals surface area contributed by atoms with Crippen molar-refractivity contribution in [2.75, 3.05) is 32.8 Å². The highest BCUT2D eigenvalue weighted by molar-refractivity contribution is 5.96. The Morgan fingerprint density at radius 1 is 0.938 bits per heavy atom. The van der Waals surface area contributed by atoms with Crippen LogP contribution in [-0.4, -0.2) is 48.6 Å². The number of hydrogen-bond acceptors (Lipinski definition) is 5. The number of nitrogens with zero attached hydrogens (tertiary/aromatic N) is 1. The summed E-state index contributed by atoms with van der Waals surface area (Å²) in [5.74, 6) is 1.38. The van der Waals surface area contributed by atoms with Gasteiger partial charge in [-0.3, -0.25) is 9.69 Å². The Hall–Kier alpha value is -3.15. The van der Waals surface area contributed by atoms with Gasteiger partial charge in [0.05, 0.1) is 0 Å². The third-order valence-corrected chi connectivity index (χ3v) is 6.38. The van der Waals surface area contributed by atoms with E-state index in [1.165, 1.54) is 0 Å². The number of benzene rings is 3. The van der Waals surface area contributed by atoms with E-state index in [0.29, 0.717) is 49.8 Å². The molecule has 3 aromatic rings. The van der Waals surface area contributed by atoms with Crippen LogP contribution < -0.4 is 9.47 Å². The summed E-state index contributed by atoms with van der Waals surface area (Å²) in [4.78, 5) is 15.1. The van der Waals surface area contributed by atoms with E-state index in [-0.39, 0.29) is 5.78 Å². The first kappa shape index (κ1) is 20.7. The van der Waals surface area contributed by atoms with Crippen LogP contribution in [0.3, 0.4) is 0 Å². The number of ether oxygens (including phenoxy) is 2. The van der Waals surface area contributed by atoms with Gasteiger partial charge in [0.1, 0.15) is 18.8 Å². The van der Waals surface area contributed by atoms with Crippen LogP contribution in [0.25, 0.3) is 0 Å². The van der Waals surface area contributed by atoms with Crippen molar-refractivity contribution >= 4 is 5.78 Å². The maximum absolute atomic E-state index is 12.9. The molecular weight excluding hydrogens is 402 g/mol. The minimum absolute atomic E-state index is 0.0620. The molecule has 0 spiro atoms. The van der Waals surface area contributed by atoms with Gasteiger partial charge in [-0.05, 0) is 41.3 Å². The van der Waals surface area contributed by atoms with Crippen LogP contribution in [0.15, 0.2) is 72.8 Å². The lowest BCUT2D eigenvalue weighted by Crippen LogP contribution is -2.41. The molecule has 0 bridgehead atoms. The molecule has 5 rings (SSSR count). The minimum atomic E-state index is -1.12. The fourth-order valence-electron chi connectivity index (χ4n) is 4.68. The Kier molecular flexibility index (Phi) is 5.68. The lowest BCUT2D eigenvalue weighted by molar-refractivity contribution is 0.0401. The number of carbonyl (C=O) groups excluding carboxylic acids is 1. The van der Waals surface area contributed by atoms with E-state index in [0.717, 1.165) is 29.7 Å². The molecule has 3 aromatic carbocycles. The zero-order chi connectivity index (χ0) is 22.0. The second-order valence-corrected chi connectivity index (χ2v) is 8.44. The predicted molar refractivity (Wildman–Crippen MR) is 122 cm³/mol. The monoisotopic (exact) mass is 429 g/mol. The lowest BCUT2D eigenvalue weighted by Gasteiger charge is -2.33. The van der Waals surface area contributed by atoms with Crippen molar-refractivity contribution in [1.82, 2.24) is 4.90 Å². The Morgan fingerprint density at radius 2 is 1.69 bits per heavy atom. The molecule has 0 unspecified atom stereocenters. The Morgan fingerprint density at radius 3 is 2.53 bits per heavy atom. The summed E-state index contributed by atoms with van der Waals surface area (Å²) >= 11 is 0. The molecule has 32 heavy (non-hydrogen) atoms. The first-order valence-corrected chi connectivity index (χ1v) is 11.1. The van der Waals surface area contributed by atoms with Gasteiger partial charge < -0.3 is 14.6 Å². The van der Waals surface area contributed by atoms with E-state index >= 15 is 0 Å². The normalized spacial score (nSPS) is 20.3. The van der Waals surface area contributed by atoms with E-state index < -0.39 is 5.60 Å². The number of hydrogen-bond donors (Lipinski definition) is 1. The van der Waals surface area contributed by atoms with Crippen molar-refractivity contribution in [2.45, 2.75) is 18.4 Å². The van der Waals surface area contributed by atoms with Crippen LogP contribution in [0.2, 0.25) is 0 Å². The molecule has 0 saturated heterocycles. The quantitative estimate of drug-likeness (QED) is 0.625. The maximum Gasteiger partial charge on any atom is 0.164 e. The van der Waals surface area contributed by atoms with Crippen molar-refractivity contribution in [3.8, 4) is 11.5 Å². The average Bonchev–Trinajstić information content (AvgIpc) is 3.00. The van der Waals surface area contributed by atoms with Crippen LogP contribution in [0.4, 0.5) is 0 Å². The third kappa shape index (κ3) is 4.01. The van der Waals surface area contributed by atoms with Crippen LogP contribution in [-0.2, 0) is 12.0 Å². The van der Waals surface area contributed by atoms with E-state index in [2.05, 4.69) is 11.0 Å². The standard InChI is InChI=1S/C27H27NO4/c29-24(21-10-11-25-26(18-21)32-17-16-31-25)13-15-28-14-12-20-6-4-5-9-23(20)27(30,19-28)22-7-2-1-3-8-22/h1-11,18,30H,12-17,19H2/t27-/m1/s1. The van der Waals surface area contributed by atoms with Crippen LogP contribution in [0, 0.1) is 0 Å². The lowest BCUT2D eigenvalue weighted by atomic mass is 9.83. The Labute approximate surface area is 188 Å². The summed E-state index contributed by atoms with van der Waals surface area (Å²) in [5, 5.41) is 11.9. The molecule has 1 N–H and O–H groups in total. The molecule has 5 heteroatoms. The summed E-state index contributed by atoms with van der Waals surface area (Å²) in [6.45, 7) is 2.85. The molecule has 2 heterocycles. The molecule has 164 valence electrons. The van der Waals surface area contributed by atoms with Gasteiger partial charge in [-0.1, -0.05) is 54.6 Å². The number of rotatable bonds is 5.